The van der Waals surface area contributed by atoms with Gasteiger partial charge in [-0.3, -0.25) is 4.79 Å². The molecule has 1 atom stereocenters. The molecule has 0 N–H and O–H groups in total. The molecule has 0 aromatic carbocycles. The molecule has 6 heteroatoms. The molecule has 1 amide bonds. The van der Waals surface area contributed by atoms with Crippen molar-refractivity contribution in [1.82, 2.24) is 19.5 Å². The molecule has 5 nitrogen and oxygen atoms in total. The summed E-state index contributed by atoms with van der Waals surface area (Å²) in [6.07, 6.45) is 9.53. The second-order valence-corrected chi connectivity index (χ2v) is 6.07. The van der Waals surface area contributed by atoms with Crippen molar-refractivity contribution in [3.05, 3.63) is 28.6 Å². The number of carbonyl (C=O) groups excluding carboxylic acids is 1. The Bertz CT molecular complexity index is 639. The first-order valence-corrected chi connectivity index (χ1v) is 7.80. The van der Waals surface area contributed by atoms with E-state index in [9.17, 15) is 4.79 Å². The first-order chi connectivity index (χ1) is 9.70. The zero-order valence-corrected chi connectivity index (χ0v) is 13.0. The maximum atomic E-state index is 12.7. The summed E-state index contributed by atoms with van der Waals surface area (Å²) in [4.78, 5) is 19.1. The number of nitrogens with zero attached hydrogens (tertiary/aromatic N) is 4. The highest BCUT2D eigenvalue weighted by Gasteiger charge is 2.28. The predicted molar refractivity (Wildman–Crippen MR) is 79.7 cm³/mol. The van der Waals surface area contributed by atoms with Crippen molar-refractivity contribution in [2.75, 3.05) is 6.54 Å². The molecule has 2 aromatic heterocycles. The van der Waals surface area contributed by atoms with Gasteiger partial charge in [0.05, 0.1) is 10.7 Å². The Morgan fingerprint density at radius 3 is 3.10 bits per heavy atom. The topological polar surface area (TPSA) is 50.5 Å². The van der Waals surface area contributed by atoms with Crippen LogP contribution < -0.4 is 0 Å². The first kappa shape index (κ1) is 13.5. The zero-order valence-electron chi connectivity index (χ0n) is 11.4. The van der Waals surface area contributed by atoms with E-state index in [2.05, 4.69) is 32.9 Å². The van der Waals surface area contributed by atoms with Crippen LogP contribution in [0.2, 0.25) is 0 Å². The molecule has 106 valence electrons. The number of fused-ring (bicyclic) bond motifs is 1. The monoisotopic (exact) mass is 336 g/mol. The average molecular weight is 337 g/mol. The van der Waals surface area contributed by atoms with Crippen molar-refractivity contribution in [2.45, 2.75) is 38.6 Å². The van der Waals surface area contributed by atoms with Gasteiger partial charge in [-0.05, 0) is 41.6 Å². The van der Waals surface area contributed by atoms with Crippen molar-refractivity contribution in [1.29, 1.82) is 0 Å². The van der Waals surface area contributed by atoms with Gasteiger partial charge in [0.15, 0.2) is 5.65 Å². The number of hydrogen-bond donors (Lipinski definition) is 0. The fraction of sp³-hybridized carbons (Fsp3) is 0.500. The van der Waals surface area contributed by atoms with Crippen LogP contribution in [0.1, 0.15) is 43.0 Å². The minimum Gasteiger partial charge on any atom is -0.336 e. The average Bonchev–Trinajstić information content (AvgIpc) is 2.89. The number of rotatable bonds is 2. The largest absolute Gasteiger partial charge is 0.336 e. The zero-order chi connectivity index (χ0) is 14.1. The Labute approximate surface area is 126 Å². The van der Waals surface area contributed by atoms with Crippen molar-refractivity contribution in [3.63, 3.8) is 0 Å². The van der Waals surface area contributed by atoms with Crippen LogP contribution in [0.4, 0.5) is 0 Å². The number of likely N-dealkylation sites (tertiary alicyclic amines) is 1. The normalized spacial score (nSPS) is 19.5. The van der Waals surface area contributed by atoms with Crippen molar-refractivity contribution in [3.8, 4) is 0 Å². The second kappa shape index (κ2) is 5.52. The summed E-state index contributed by atoms with van der Waals surface area (Å²) in [5.41, 5.74) is 1.22. The van der Waals surface area contributed by atoms with Gasteiger partial charge in [-0.15, -0.1) is 0 Å². The molecule has 0 aliphatic carbocycles. The molecule has 1 aliphatic rings. The molecule has 1 fully saturated rings. The quantitative estimate of drug-likeness (QED) is 0.847. The minimum absolute atomic E-state index is 0.0568. The molecule has 0 saturated carbocycles. The van der Waals surface area contributed by atoms with Crippen LogP contribution in [-0.4, -0.2) is 38.0 Å². The number of carbonyl (C=O) groups is 1. The molecule has 0 spiro atoms. The van der Waals surface area contributed by atoms with Crippen LogP contribution >= 0.6 is 15.9 Å². The van der Waals surface area contributed by atoms with E-state index >= 15 is 0 Å². The summed E-state index contributed by atoms with van der Waals surface area (Å²) < 4.78 is 2.49. The lowest BCUT2D eigenvalue weighted by Gasteiger charge is -2.35. The lowest BCUT2D eigenvalue weighted by atomic mass is 9.99. The van der Waals surface area contributed by atoms with Gasteiger partial charge < -0.3 is 4.90 Å². The number of halogens is 1. The van der Waals surface area contributed by atoms with Gasteiger partial charge in [0.1, 0.15) is 5.56 Å². The standard InChI is InChI=1S/C14H17BrN4O/c1-2-11-5-3-4-6-18(11)14(20)12-8-17-19-9-10(15)7-16-13(12)19/h7-9,11H,2-6H2,1H3/t11-/m0/s1. The van der Waals surface area contributed by atoms with E-state index in [1.54, 1.807) is 16.9 Å². The van der Waals surface area contributed by atoms with Gasteiger partial charge in [-0.25, -0.2) is 9.50 Å². The van der Waals surface area contributed by atoms with E-state index in [0.717, 1.165) is 30.3 Å². The Kier molecular flexibility index (Phi) is 3.74. The molecule has 1 aliphatic heterocycles. The molecule has 0 unspecified atom stereocenters. The number of amides is 1. The maximum Gasteiger partial charge on any atom is 0.259 e. The highest BCUT2D eigenvalue weighted by atomic mass is 79.9. The summed E-state index contributed by atoms with van der Waals surface area (Å²) in [6.45, 7) is 2.98. The molecular formula is C14H17BrN4O. The van der Waals surface area contributed by atoms with Gasteiger partial charge in [-0.1, -0.05) is 6.92 Å². The van der Waals surface area contributed by atoms with Gasteiger partial charge in [0, 0.05) is 25.0 Å². The number of hydrogen-bond acceptors (Lipinski definition) is 3. The lowest BCUT2D eigenvalue weighted by Crippen LogP contribution is -2.43. The van der Waals surface area contributed by atoms with Crippen LogP contribution in [0.15, 0.2) is 23.1 Å². The molecule has 0 bridgehead atoms. The SMILES string of the molecule is CC[C@H]1CCCCN1C(=O)c1cnn2cc(Br)cnc12. The fourth-order valence-corrected chi connectivity index (χ4v) is 3.15. The minimum atomic E-state index is 0.0568. The van der Waals surface area contributed by atoms with E-state index in [-0.39, 0.29) is 5.91 Å². The number of aromatic nitrogens is 3. The molecule has 0 radical (unpaired) electrons. The first-order valence-electron chi connectivity index (χ1n) is 7.00. The van der Waals surface area contributed by atoms with Crippen LogP contribution in [0, 0.1) is 0 Å². The van der Waals surface area contributed by atoms with Crippen molar-refractivity contribution in [2.24, 2.45) is 0 Å². The lowest BCUT2D eigenvalue weighted by molar-refractivity contribution is 0.0610. The van der Waals surface area contributed by atoms with Crippen LogP contribution in [0.3, 0.4) is 0 Å². The van der Waals surface area contributed by atoms with E-state index in [4.69, 9.17) is 0 Å². The Hall–Kier alpha value is -1.43. The molecule has 20 heavy (non-hydrogen) atoms. The van der Waals surface area contributed by atoms with Gasteiger partial charge >= 0.3 is 0 Å². The molecule has 1 saturated heterocycles. The molecule has 3 heterocycles. The molecular weight excluding hydrogens is 320 g/mol. The van der Waals surface area contributed by atoms with Crippen LogP contribution in [0.25, 0.3) is 5.65 Å². The maximum absolute atomic E-state index is 12.7. The third-order valence-corrected chi connectivity index (χ3v) is 4.32. The summed E-state index contributed by atoms with van der Waals surface area (Å²) >= 11 is 3.36. The molecule has 3 rings (SSSR count). The van der Waals surface area contributed by atoms with E-state index in [1.165, 1.54) is 6.42 Å². The predicted octanol–water partition coefficient (Wildman–Crippen LogP) is 2.90. The highest BCUT2D eigenvalue weighted by molar-refractivity contribution is 9.10. The van der Waals surface area contributed by atoms with E-state index in [1.807, 2.05) is 11.1 Å². The van der Waals surface area contributed by atoms with E-state index < -0.39 is 0 Å². The van der Waals surface area contributed by atoms with Crippen LogP contribution in [-0.2, 0) is 0 Å². The summed E-state index contributed by atoms with van der Waals surface area (Å²) in [6, 6.07) is 0.349. The van der Waals surface area contributed by atoms with Gasteiger partial charge in [-0.2, -0.15) is 5.10 Å². The third-order valence-electron chi connectivity index (χ3n) is 3.91. The smallest absolute Gasteiger partial charge is 0.259 e. The highest BCUT2D eigenvalue weighted by Crippen LogP contribution is 2.23. The van der Waals surface area contributed by atoms with Gasteiger partial charge in [0.2, 0.25) is 0 Å². The van der Waals surface area contributed by atoms with E-state index in [0.29, 0.717) is 17.3 Å². The van der Waals surface area contributed by atoms with Crippen LogP contribution in [0.5, 0.6) is 0 Å². The fourth-order valence-electron chi connectivity index (χ4n) is 2.85. The summed E-state index contributed by atoms with van der Waals surface area (Å²) in [5, 5.41) is 4.22. The number of piperidine rings is 1. The van der Waals surface area contributed by atoms with Crippen molar-refractivity contribution >= 4 is 27.5 Å². The Morgan fingerprint density at radius 2 is 2.30 bits per heavy atom. The second-order valence-electron chi connectivity index (χ2n) is 5.16. The van der Waals surface area contributed by atoms with Crippen molar-refractivity contribution < 1.29 is 4.79 Å². The molecule has 2 aromatic rings. The third kappa shape index (κ3) is 2.32. The van der Waals surface area contributed by atoms with Gasteiger partial charge in [0.25, 0.3) is 5.91 Å². The Balaban J connectivity index is 1.95. The Morgan fingerprint density at radius 1 is 1.45 bits per heavy atom. The summed E-state index contributed by atoms with van der Waals surface area (Å²) in [7, 11) is 0. The summed E-state index contributed by atoms with van der Waals surface area (Å²) in [5.74, 6) is 0.0568.